The Morgan fingerprint density at radius 1 is 0.600 bits per heavy atom. The summed E-state index contributed by atoms with van der Waals surface area (Å²) in [5, 5.41) is 66.2. The summed E-state index contributed by atoms with van der Waals surface area (Å²) < 4.78 is 5.61. The minimum atomic E-state index is -1.94. The third-order valence-electron chi connectivity index (χ3n) is 18.0. The SMILES string of the molecule is C=CC[C@H](NC(=O)CCC(=O)OCC1c2ccccc2-c2ccccc21)C(=O)N[C@@H](CS)C(=O)N[C@@H](CO)C(=O)N[C@@H](CC(=O)O)C(=O)N1CCCC1C(=O)N[C@@H](CCCNC(=N)N)C(=O)N[C@@H](CC=C)C(=O)N[C@@H](C)C(=O)N[C@@H](Cc1cc2ccccc2[nH]1)C(=O)N[C@@H](CCCNC(=N)N)C(=O)N[C@@H](CS)C(N)=O. The number of thiol groups is 2. The number of carbonyl (C=O) groups excluding carboxylic acids is 13. The fourth-order valence-corrected chi connectivity index (χ4v) is 12.8. The molecule has 0 radical (unpaired) electrons. The molecule has 1 saturated heterocycles. The van der Waals surface area contributed by atoms with Crippen molar-refractivity contribution >= 4 is 131 Å². The second-order valence-electron chi connectivity index (χ2n) is 26.1. The molecule has 2 heterocycles. The minimum Gasteiger partial charge on any atom is -0.481 e. The zero-order chi connectivity index (χ0) is 80.7. The van der Waals surface area contributed by atoms with Gasteiger partial charge in [0, 0.05) is 61.1 Å². The number of H-pyrrole nitrogens is 1. The first-order chi connectivity index (χ1) is 52.5. The number of carbonyl (C=O) groups is 14. The highest BCUT2D eigenvalue weighted by Crippen LogP contribution is 2.44. The second-order valence-corrected chi connectivity index (χ2v) is 26.8. The number of nitrogens with zero attached hydrogens (tertiary/aromatic N) is 1. The summed E-state index contributed by atoms with van der Waals surface area (Å²) in [6.45, 7) is 7.44. The third-order valence-corrected chi connectivity index (χ3v) is 18.7. The van der Waals surface area contributed by atoms with Gasteiger partial charge in [0.2, 0.25) is 70.9 Å². The minimum absolute atomic E-state index is 0.00591. The molecule has 6 rings (SSSR count). The average molecular weight is 1560 g/mol. The summed E-state index contributed by atoms with van der Waals surface area (Å²) in [4.78, 5) is 195. The highest BCUT2D eigenvalue weighted by molar-refractivity contribution is 7.80. The van der Waals surface area contributed by atoms with Gasteiger partial charge in [0.05, 0.1) is 19.4 Å². The number of benzene rings is 3. The fourth-order valence-electron chi connectivity index (χ4n) is 12.3. The van der Waals surface area contributed by atoms with Crippen molar-refractivity contribution in [3.05, 3.63) is 121 Å². The number of amides is 12. The highest BCUT2D eigenvalue weighted by atomic mass is 32.1. The Morgan fingerprint density at radius 2 is 1.08 bits per heavy atom. The average Bonchev–Trinajstić information content (AvgIpc) is 1.62. The summed E-state index contributed by atoms with van der Waals surface area (Å²) in [7, 11) is 0. The lowest BCUT2D eigenvalue weighted by molar-refractivity contribution is -0.146. The van der Waals surface area contributed by atoms with Gasteiger partial charge in [0.15, 0.2) is 11.9 Å². The Hall–Kier alpha value is -11.5. The Balaban J connectivity index is 1.08. The molecule has 12 amide bonds. The predicted octanol–water partition coefficient (Wildman–Crippen LogP) is -2.80. The van der Waals surface area contributed by atoms with E-state index >= 15 is 0 Å². The van der Waals surface area contributed by atoms with E-state index in [0.29, 0.717) is 11.2 Å². The van der Waals surface area contributed by atoms with Crippen molar-refractivity contribution < 1.29 is 82.1 Å². The van der Waals surface area contributed by atoms with E-state index in [0.717, 1.165) is 32.5 Å². The fraction of sp³-hybridized carbons (Fsp3) is 0.444. The van der Waals surface area contributed by atoms with Crippen LogP contribution in [0.25, 0.3) is 22.0 Å². The molecule has 1 unspecified atom stereocenters. The number of primary amides is 1. The van der Waals surface area contributed by atoms with Crippen LogP contribution in [0.1, 0.15) is 100 Å². The number of hydrogen-bond donors (Lipinski definition) is 22. The highest BCUT2D eigenvalue weighted by Gasteiger charge is 2.42. The van der Waals surface area contributed by atoms with Gasteiger partial charge < -0.3 is 106 Å². The van der Waals surface area contributed by atoms with Crippen molar-refractivity contribution in [2.75, 3.05) is 44.4 Å². The summed E-state index contributed by atoms with van der Waals surface area (Å²) in [6, 6.07) is 7.83. The molecule has 36 nitrogen and oxygen atoms in total. The number of rotatable bonds is 45. The predicted molar refractivity (Wildman–Crippen MR) is 410 cm³/mol. The van der Waals surface area contributed by atoms with Crippen LogP contribution in [0, 0.1) is 10.8 Å². The molecule has 594 valence electrons. The molecule has 0 bridgehead atoms. The maximum atomic E-state index is 14.4. The zero-order valence-corrected chi connectivity index (χ0v) is 62.3. The molecule has 0 saturated carbocycles. The van der Waals surface area contributed by atoms with Crippen LogP contribution in [-0.4, -0.2) is 226 Å². The Labute approximate surface area is 644 Å². The van der Waals surface area contributed by atoms with Crippen molar-refractivity contribution in [3.63, 3.8) is 0 Å². The number of aliphatic carboxylic acids is 1. The molecule has 1 aromatic heterocycles. The molecule has 1 aliphatic carbocycles. The van der Waals surface area contributed by atoms with Crippen molar-refractivity contribution in [3.8, 4) is 11.1 Å². The summed E-state index contributed by atoms with van der Waals surface area (Å²) in [6.07, 6.45) is 0.291. The number of aliphatic hydroxyl groups is 1. The molecule has 23 N–H and O–H groups in total. The quantitative estimate of drug-likeness (QED) is 0.00531. The first-order valence-electron chi connectivity index (χ1n) is 35.5. The largest absolute Gasteiger partial charge is 0.481 e. The molecular formula is C72H97N19O17S2. The van der Waals surface area contributed by atoms with Gasteiger partial charge in [-0.3, -0.25) is 77.9 Å². The van der Waals surface area contributed by atoms with Gasteiger partial charge in [0.25, 0.3) is 0 Å². The van der Waals surface area contributed by atoms with Crippen LogP contribution in [0.2, 0.25) is 0 Å². The van der Waals surface area contributed by atoms with E-state index < -0.39 is 174 Å². The Kier molecular flexibility index (Phi) is 34.5. The number of carboxylic acid groups (broad SMARTS) is 1. The van der Waals surface area contributed by atoms with Crippen molar-refractivity contribution in [2.45, 2.75) is 156 Å². The van der Waals surface area contributed by atoms with E-state index in [-0.39, 0.29) is 115 Å². The zero-order valence-electron chi connectivity index (χ0n) is 60.5. The van der Waals surface area contributed by atoms with Gasteiger partial charge in [-0.2, -0.15) is 25.3 Å². The maximum absolute atomic E-state index is 14.4. The number of guanidine groups is 2. The third kappa shape index (κ3) is 26.1. The maximum Gasteiger partial charge on any atom is 0.306 e. The van der Waals surface area contributed by atoms with E-state index in [1.54, 1.807) is 30.3 Å². The van der Waals surface area contributed by atoms with Crippen molar-refractivity contribution in [2.24, 2.45) is 17.2 Å². The smallest absolute Gasteiger partial charge is 0.306 e. The van der Waals surface area contributed by atoms with Gasteiger partial charge in [-0.05, 0) is 98.1 Å². The lowest BCUT2D eigenvalue weighted by Crippen LogP contribution is -2.61. The number of aliphatic hydroxyl groups excluding tert-OH is 1. The number of aromatic nitrogens is 1. The molecule has 2 aliphatic rings. The second kappa shape index (κ2) is 43.5. The number of ether oxygens (including phenoxy) is 1. The molecule has 1 fully saturated rings. The monoisotopic (exact) mass is 1560 g/mol. The number of nitrogens with two attached hydrogens (primary N) is 3. The number of carboxylic acids is 1. The van der Waals surface area contributed by atoms with E-state index in [1.807, 2.05) is 48.5 Å². The summed E-state index contributed by atoms with van der Waals surface area (Å²) in [5.74, 6) is -15.3. The molecule has 11 atom stereocenters. The molecule has 0 spiro atoms. The van der Waals surface area contributed by atoms with Crippen LogP contribution in [0.3, 0.4) is 0 Å². The van der Waals surface area contributed by atoms with Gasteiger partial charge in [-0.25, -0.2) is 0 Å². The topological polar surface area (TPSA) is 578 Å². The number of fused-ring (bicyclic) bond motifs is 4. The number of aromatic amines is 1. The lowest BCUT2D eigenvalue weighted by atomic mass is 9.98. The molecule has 3 aromatic carbocycles. The van der Waals surface area contributed by atoms with E-state index in [2.05, 4.69) is 107 Å². The normalized spacial score (nSPS) is 15.5. The first kappa shape index (κ1) is 87.4. The molecule has 4 aromatic rings. The van der Waals surface area contributed by atoms with Crippen molar-refractivity contribution in [1.29, 1.82) is 10.8 Å². The van der Waals surface area contributed by atoms with E-state index in [9.17, 15) is 77.3 Å². The van der Waals surface area contributed by atoms with E-state index in [1.165, 1.54) is 19.1 Å². The summed E-state index contributed by atoms with van der Waals surface area (Å²) in [5.41, 5.74) is 21.6. The molecular weight excluding hydrogens is 1470 g/mol. The van der Waals surface area contributed by atoms with E-state index in [4.69, 9.17) is 32.8 Å². The van der Waals surface area contributed by atoms with Crippen LogP contribution in [0.4, 0.5) is 0 Å². The van der Waals surface area contributed by atoms with Crippen molar-refractivity contribution in [1.82, 2.24) is 73.7 Å². The van der Waals surface area contributed by atoms with Crippen LogP contribution in [0.5, 0.6) is 0 Å². The standard InChI is InChI=1S/C72H97N19O17S2/c1-4-15-47(82-57(93)26-27-59(96)108-35-45-43-20-9-7-18-41(43)42-19-8-10-21-44(42)45)63(100)90-55(37-110)68(105)88-53(34-92)67(104)87-52(33-58(94)95)70(107)91-30-14-25-56(91)69(106)85-50(24-13-29-79-72(76)77)64(101)83-48(16-5-2)62(99)80-38(3)61(98)86-51(32-40-31-39-17-6-11-22-46(39)81-40)66(103)84-49(23-12-28-78-71(74)75)65(102)89-54(36-109)60(73)97/h4-11,17-22,31,38,45,47-56,81,92,109-110H,1-2,12-16,23-30,32-37H2,3H3,(H2,73,97)(H,80,99)(H,82,93)(H,83,101)(H,84,103)(H,85,106)(H,86,98)(H,87,104)(H,88,105)(H,89,102)(H,90,100)(H,94,95)(H4,74,75,78)(H4,76,77,79)/t38-,47-,48-,49-,50-,51-,52-,53-,54-,55-,56?/m0/s1. The van der Waals surface area contributed by atoms with Crippen LogP contribution in [0.15, 0.2) is 104 Å². The lowest BCUT2D eigenvalue weighted by Gasteiger charge is -2.30. The number of likely N-dealkylation sites (tertiary alicyclic amines) is 1. The van der Waals surface area contributed by atoms with Crippen LogP contribution < -0.4 is 81.0 Å². The molecule has 38 heteroatoms. The van der Waals surface area contributed by atoms with Gasteiger partial charge in [-0.1, -0.05) is 78.9 Å². The summed E-state index contributed by atoms with van der Waals surface area (Å²) >= 11 is 8.27. The number of para-hydroxylation sites is 1. The number of esters is 1. The Bertz CT molecular complexity index is 3970. The van der Waals surface area contributed by atoms with Crippen LogP contribution >= 0.6 is 25.3 Å². The van der Waals surface area contributed by atoms with Gasteiger partial charge in [-0.15, -0.1) is 13.2 Å². The van der Waals surface area contributed by atoms with Crippen LogP contribution in [-0.2, 0) is 78.3 Å². The Morgan fingerprint density at radius 3 is 1.65 bits per heavy atom. The van der Waals surface area contributed by atoms with Gasteiger partial charge >= 0.3 is 11.9 Å². The molecule has 110 heavy (non-hydrogen) atoms. The number of hydrogen-bond acceptors (Lipinski definition) is 20. The van der Waals surface area contributed by atoms with Gasteiger partial charge in [0.1, 0.15) is 73.1 Å². The molecule has 1 aliphatic heterocycles. The number of nitrogens with one attached hydrogen (secondary N) is 15. The first-order valence-corrected chi connectivity index (χ1v) is 36.7.